The van der Waals surface area contributed by atoms with Crippen molar-refractivity contribution in [2.45, 2.75) is 13.5 Å². The Bertz CT molecular complexity index is 402. The Hall–Kier alpha value is -1.89. The maximum absolute atomic E-state index is 11.4. The third-order valence-electron chi connectivity index (χ3n) is 2.30. The van der Waals surface area contributed by atoms with E-state index in [-0.39, 0.29) is 24.9 Å². The minimum Gasteiger partial charge on any atom is -0.404 e. The molecule has 1 aromatic rings. The lowest BCUT2D eigenvalue weighted by molar-refractivity contribution is -0.402. The fraction of sp³-hybridized carbons (Fsp3) is 0.500. The van der Waals surface area contributed by atoms with Gasteiger partial charge in [0.25, 0.3) is 0 Å². The predicted molar refractivity (Wildman–Crippen MR) is 60.4 cm³/mol. The zero-order valence-corrected chi connectivity index (χ0v) is 9.80. The molecule has 1 rings (SSSR count). The Kier molecular flexibility index (Phi) is 4.65. The van der Waals surface area contributed by atoms with Gasteiger partial charge in [0.05, 0.1) is 19.2 Å². The summed E-state index contributed by atoms with van der Waals surface area (Å²) in [7, 11) is 1.71. The second-order valence-electron chi connectivity index (χ2n) is 3.51. The second kappa shape index (κ2) is 6.00. The minimum absolute atomic E-state index is 0.0337. The van der Waals surface area contributed by atoms with Crippen LogP contribution < -0.4 is 5.32 Å². The lowest BCUT2D eigenvalue weighted by Crippen LogP contribution is -2.35. The van der Waals surface area contributed by atoms with Gasteiger partial charge in [-0.1, -0.05) is 0 Å². The maximum atomic E-state index is 11.4. The minimum atomic E-state index is -0.598. The van der Waals surface area contributed by atoms with Crippen molar-refractivity contribution in [2.75, 3.05) is 20.1 Å². The average Bonchev–Trinajstić information content (AvgIpc) is 2.76. The van der Waals surface area contributed by atoms with Crippen molar-refractivity contribution in [3.63, 3.8) is 0 Å². The van der Waals surface area contributed by atoms with Crippen molar-refractivity contribution in [2.24, 2.45) is 0 Å². The molecule has 7 heteroatoms. The molecule has 1 aromatic heterocycles. The fourth-order valence-electron chi connectivity index (χ4n) is 1.16. The summed E-state index contributed by atoms with van der Waals surface area (Å²) in [6.45, 7) is 3.00. The molecule has 0 radical (unpaired) electrons. The number of amides is 1. The lowest BCUT2D eigenvalue weighted by atomic mass is 10.4. The number of likely N-dealkylation sites (N-methyl/N-ethyl adjacent to an activating group) is 1. The highest BCUT2D eigenvalue weighted by Crippen LogP contribution is 2.14. The van der Waals surface area contributed by atoms with Crippen LogP contribution in [0.3, 0.4) is 0 Å². The summed E-state index contributed by atoms with van der Waals surface area (Å²) < 4.78 is 4.93. The van der Waals surface area contributed by atoms with E-state index in [0.717, 1.165) is 0 Å². The SMILES string of the molecule is CCN(C)C(=O)CNCc1ccc([N+](=O)[O-])o1. The van der Waals surface area contributed by atoms with Crippen molar-refractivity contribution in [3.8, 4) is 0 Å². The van der Waals surface area contributed by atoms with Crippen molar-refractivity contribution in [3.05, 3.63) is 28.0 Å². The highest BCUT2D eigenvalue weighted by Gasteiger charge is 2.12. The third-order valence-corrected chi connectivity index (χ3v) is 2.30. The number of nitrogens with one attached hydrogen (secondary N) is 1. The Morgan fingerprint density at radius 1 is 1.59 bits per heavy atom. The van der Waals surface area contributed by atoms with Gasteiger partial charge in [-0.2, -0.15) is 0 Å². The van der Waals surface area contributed by atoms with Crippen LogP contribution in [0.5, 0.6) is 0 Å². The van der Waals surface area contributed by atoms with Gasteiger partial charge >= 0.3 is 5.88 Å². The molecule has 0 fully saturated rings. The van der Waals surface area contributed by atoms with Gasteiger partial charge in [0.15, 0.2) is 0 Å². The highest BCUT2D eigenvalue weighted by atomic mass is 16.6. The van der Waals surface area contributed by atoms with Gasteiger partial charge in [0, 0.05) is 13.6 Å². The number of nitrogens with zero attached hydrogens (tertiary/aromatic N) is 2. The summed E-state index contributed by atoms with van der Waals surface area (Å²) in [5, 5.41) is 13.2. The van der Waals surface area contributed by atoms with E-state index in [0.29, 0.717) is 12.3 Å². The number of carbonyl (C=O) groups excluding carboxylic acids is 1. The standard InChI is InChI=1S/C10H15N3O4/c1-3-12(2)9(14)7-11-6-8-4-5-10(17-8)13(15)16/h4-5,11H,3,6-7H2,1-2H3. The molecule has 0 aromatic carbocycles. The number of rotatable bonds is 6. The number of furan rings is 1. The molecule has 0 bridgehead atoms. The summed E-state index contributed by atoms with van der Waals surface area (Å²) >= 11 is 0. The molecule has 7 nitrogen and oxygen atoms in total. The molecule has 0 spiro atoms. The van der Waals surface area contributed by atoms with Crippen molar-refractivity contribution < 1.29 is 14.1 Å². The van der Waals surface area contributed by atoms with Gasteiger partial charge < -0.3 is 14.6 Å². The molecule has 1 N–H and O–H groups in total. The summed E-state index contributed by atoms with van der Waals surface area (Å²) in [6, 6.07) is 2.80. The molecule has 0 unspecified atom stereocenters. The predicted octanol–water partition coefficient (Wildman–Crippen LogP) is 0.756. The van der Waals surface area contributed by atoms with Crippen LogP contribution in [0.1, 0.15) is 12.7 Å². The van der Waals surface area contributed by atoms with Crippen LogP contribution >= 0.6 is 0 Å². The Morgan fingerprint density at radius 2 is 2.29 bits per heavy atom. The normalized spacial score (nSPS) is 10.2. The number of hydrogen-bond acceptors (Lipinski definition) is 5. The molecule has 0 aliphatic carbocycles. The van der Waals surface area contributed by atoms with Crippen LogP contribution in [-0.4, -0.2) is 35.9 Å². The van der Waals surface area contributed by atoms with Gasteiger partial charge in [-0.25, -0.2) is 0 Å². The van der Waals surface area contributed by atoms with E-state index in [1.165, 1.54) is 12.1 Å². The monoisotopic (exact) mass is 241 g/mol. The molecule has 0 saturated heterocycles. The van der Waals surface area contributed by atoms with Crippen molar-refractivity contribution in [1.29, 1.82) is 0 Å². The topological polar surface area (TPSA) is 88.6 Å². The molecule has 1 heterocycles. The highest BCUT2D eigenvalue weighted by molar-refractivity contribution is 5.77. The fourth-order valence-corrected chi connectivity index (χ4v) is 1.16. The van der Waals surface area contributed by atoms with Crippen LogP contribution in [0.2, 0.25) is 0 Å². The van der Waals surface area contributed by atoms with E-state index in [1.54, 1.807) is 11.9 Å². The molecule has 94 valence electrons. The Labute approximate surface area is 98.5 Å². The molecule has 1 amide bonds. The number of hydrogen-bond donors (Lipinski definition) is 1. The van der Waals surface area contributed by atoms with Crippen molar-refractivity contribution in [1.82, 2.24) is 10.2 Å². The zero-order chi connectivity index (χ0) is 12.8. The van der Waals surface area contributed by atoms with E-state index in [9.17, 15) is 14.9 Å². The molecule has 0 saturated carbocycles. The molecular weight excluding hydrogens is 226 g/mol. The van der Waals surface area contributed by atoms with Gasteiger partial charge in [-0.3, -0.25) is 14.9 Å². The second-order valence-corrected chi connectivity index (χ2v) is 3.51. The summed E-state index contributed by atoms with van der Waals surface area (Å²) in [5.41, 5.74) is 0. The van der Waals surface area contributed by atoms with E-state index in [1.807, 2.05) is 6.92 Å². The van der Waals surface area contributed by atoms with Crippen molar-refractivity contribution >= 4 is 11.8 Å². The summed E-state index contributed by atoms with van der Waals surface area (Å²) in [4.78, 5) is 22.7. The smallest absolute Gasteiger partial charge is 0.404 e. The molecular formula is C10H15N3O4. The first-order valence-corrected chi connectivity index (χ1v) is 5.22. The molecule has 0 aliphatic heterocycles. The van der Waals surface area contributed by atoms with Crippen LogP contribution in [0, 0.1) is 10.1 Å². The Morgan fingerprint density at radius 3 is 2.82 bits per heavy atom. The summed E-state index contributed by atoms with van der Waals surface area (Å²) in [5.74, 6) is 0.107. The first-order chi connectivity index (χ1) is 8.04. The van der Waals surface area contributed by atoms with E-state index in [4.69, 9.17) is 4.42 Å². The van der Waals surface area contributed by atoms with Crippen LogP contribution in [0.25, 0.3) is 0 Å². The third kappa shape index (κ3) is 3.87. The van der Waals surface area contributed by atoms with Crippen LogP contribution in [-0.2, 0) is 11.3 Å². The van der Waals surface area contributed by atoms with Gasteiger partial charge in [-0.05, 0) is 13.0 Å². The van der Waals surface area contributed by atoms with Crippen LogP contribution in [0.4, 0.5) is 5.88 Å². The van der Waals surface area contributed by atoms with Gasteiger partial charge in [-0.15, -0.1) is 0 Å². The zero-order valence-electron chi connectivity index (χ0n) is 9.80. The Balaban J connectivity index is 2.35. The van der Waals surface area contributed by atoms with E-state index >= 15 is 0 Å². The lowest BCUT2D eigenvalue weighted by Gasteiger charge is -2.14. The van der Waals surface area contributed by atoms with Gasteiger partial charge in [0.2, 0.25) is 5.91 Å². The quantitative estimate of drug-likeness (QED) is 0.586. The average molecular weight is 241 g/mol. The first-order valence-electron chi connectivity index (χ1n) is 5.22. The maximum Gasteiger partial charge on any atom is 0.433 e. The van der Waals surface area contributed by atoms with E-state index < -0.39 is 4.92 Å². The number of carbonyl (C=O) groups is 1. The molecule has 0 aliphatic rings. The molecule has 17 heavy (non-hydrogen) atoms. The van der Waals surface area contributed by atoms with Gasteiger partial charge in [0.1, 0.15) is 10.7 Å². The number of nitro groups is 1. The molecule has 0 atom stereocenters. The largest absolute Gasteiger partial charge is 0.433 e. The van der Waals surface area contributed by atoms with E-state index in [2.05, 4.69) is 5.32 Å². The first kappa shape index (κ1) is 13.2. The summed E-state index contributed by atoms with van der Waals surface area (Å²) in [6.07, 6.45) is 0. The van der Waals surface area contributed by atoms with Crippen LogP contribution in [0.15, 0.2) is 16.5 Å².